The zero-order valence-corrected chi connectivity index (χ0v) is 15.5. The highest BCUT2D eigenvalue weighted by Crippen LogP contribution is 2.36. The summed E-state index contributed by atoms with van der Waals surface area (Å²) in [4.78, 5) is 4.07. The molecular formula is C20H14F3N7. The molecule has 2 aliphatic rings. The van der Waals surface area contributed by atoms with Gasteiger partial charge in [-0.1, -0.05) is 6.08 Å². The van der Waals surface area contributed by atoms with E-state index in [-0.39, 0.29) is 5.65 Å². The Hall–Kier alpha value is -3.56. The van der Waals surface area contributed by atoms with Crippen molar-refractivity contribution < 1.29 is 13.2 Å². The van der Waals surface area contributed by atoms with Crippen molar-refractivity contribution in [2.24, 2.45) is 4.99 Å². The number of benzene rings is 1. The molecule has 1 aromatic carbocycles. The monoisotopic (exact) mass is 409 g/mol. The van der Waals surface area contributed by atoms with Crippen molar-refractivity contribution in [3.63, 3.8) is 0 Å². The molecule has 1 saturated carbocycles. The molecule has 3 aromatic heterocycles. The second-order valence-electron chi connectivity index (χ2n) is 7.46. The summed E-state index contributed by atoms with van der Waals surface area (Å²) in [6.07, 6.45) is 7.31. The Morgan fingerprint density at radius 1 is 1.10 bits per heavy atom. The number of rotatable bonds is 4. The molecule has 4 aromatic rings. The predicted molar refractivity (Wildman–Crippen MR) is 99.8 cm³/mol. The second kappa shape index (κ2) is 5.97. The SMILES string of the molecule is Fc1cc2c(cc1C(F)(F)c1nnc3ccc(-c4cnn(C5CC5)c4)nn13)=CCN=2. The van der Waals surface area contributed by atoms with Crippen LogP contribution in [0.2, 0.25) is 0 Å². The fraction of sp³-hybridized carbons (Fsp3) is 0.250. The number of hydrogen-bond donors (Lipinski definition) is 0. The van der Waals surface area contributed by atoms with Crippen LogP contribution in [0, 0.1) is 5.82 Å². The van der Waals surface area contributed by atoms with Gasteiger partial charge in [0.25, 0.3) is 0 Å². The van der Waals surface area contributed by atoms with Gasteiger partial charge in [0.05, 0.1) is 35.4 Å². The van der Waals surface area contributed by atoms with Gasteiger partial charge in [0.2, 0.25) is 5.82 Å². The molecule has 0 unspecified atom stereocenters. The molecule has 0 saturated heterocycles. The summed E-state index contributed by atoms with van der Waals surface area (Å²) in [7, 11) is 0. The normalized spacial score (nSPS) is 15.8. The summed E-state index contributed by atoms with van der Waals surface area (Å²) in [6, 6.07) is 5.76. The van der Waals surface area contributed by atoms with Crippen LogP contribution < -0.4 is 10.6 Å². The third kappa shape index (κ3) is 2.56. The molecule has 0 amide bonds. The van der Waals surface area contributed by atoms with Gasteiger partial charge in [0.15, 0.2) is 5.65 Å². The smallest absolute Gasteiger partial charge is 0.280 e. The van der Waals surface area contributed by atoms with Crippen LogP contribution in [0.3, 0.4) is 0 Å². The summed E-state index contributed by atoms with van der Waals surface area (Å²) < 4.78 is 48.1. The van der Waals surface area contributed by atoms with E-state index in [9.17, 15) is 4.39 Å². The molecule has 0 N–H and O–H groups in total. The van der Waals surface area contributed by atoms with E-state index in [1.165, 1.54) is 0 Å². The minimum atomic E-state index is -3.74. The largest absolute Gasteiger partial charge is 0.336 e. The molecule has 7 nitrogen and oxygen atoms in total. The number of nitrogens with zero attached hydrogens (tertiary/aromatic N) is 7. The number of fused-ring (bicyclic) bond motifs is 2. The van der Waals surface area contributed by atoms with Gasteiger partial charge in [-0.3, -0.25) is 9.67 Å². The topological polar surface area (TPSA) is 73.3 Å². The lowest BCUT2D eigenvalue weighted by Crippen LogP contribution is -2.29. The van der Waals surface area contributed by atoms with Crippen LogP contribution in [0.15, 0.2) is 41.7 Å². The van der Waals surface area contributed by atoms with Crippen LogP contribution >= 0.6 is 0 Å². The Bertz CT molecular complexity index is 1430. The highest BCUT2D eigenvalue weighted by Gasteiger charge is 2.42. The van der Waals surface area contributed by atoms with Gasteiger partial charge in [-0.2, -0.15) is 23.5 Å². The van der Waals surface area contributed by atoms with E-state index in [1.54, 1.807) is 24.4 Å². The molecule has 10 heteroatoms. The summed E-state index contributed by atoms with van der Waals surface area (Å²) in [5.74, 6) is -5.53. The van der Waals surface area contributed by atoms with Crippen LogP contribution in [0.25, 0.3) is 23.0 Å². The van der Waals surface area contributed by atoms with Crippen LogP contribution in [0.4, 0.5) is 13.2 Å². The highest BCUT2D eigenvalue weighted by atomic mass is 19.3. The van der Waals surface area contributed by atoms with Crippen molar-refractivity contribution in [1.82, 2.24) is 29.6 Å². The second-order valence-corrected chi connectivity index (χ2v) is 7.46. The maximum atomic E-state index is 15.4. The molecule has 1 aliphatic heterocycles. The Morgan fingerprint density at radius 2 is 1.97 bits per heavy atom. The number of halogens is 3. The van der Waals surface area contributed by atoms with Gasteiger partial charge in [0.1, 0.15) is 5.82 Å². The molecule has 1 fully saturated rings. The lowest BCUT2D eigenvalue weighted by molar-refractivity contribution is 0.0267. The molecule has 4 heterocycles. The molecule has 30 heavy (non-hydrogen) atoms. The van der Waals surface area contributed by atoms with Crippen molar-refractivity contribution >= 4 is 11.7 Å². The van der Waals surface area contributed by atoms with E-state index in [0.717, 1.165) is 29.5 Å². The van der Waals surface area contributed by atoms with Gasteiger partial charge in [-0.25, -0.2) is 4.39 Å². The van der Waals surface area contributed by atoms with Crippen LogP contribution in [-0.2, 0) is 5.92 Å². The molecular weight excluding hydrogens is 395 g/mol. The molecule has 0 radical (unpaired) electrons. The van der Waals surface area contributed by atoms with Gasteiger partial charge in [-0.05, 0) is 36.3 Å². The van der Waals surface area contributed by atoms with Crippen LogP contribution in [-0.4, -0.2) is 36.1 Å². The first kappa shape index (κ1) is 17.3. The molecule has 0 spiro atoms. The summed E-state index contributed by atoms with van der Waals surface area (Å²) >= 11 is 0. The predicted octanol–water partition coefficient (Wildman–Crippen LogP) is 2.02. The fourth-order valence-electron chi connectivity index (χ4n) is 3.63. The van der Waals surface area contributed by atoms with Gasteiger partial charge in [-0.15, -0.1) is 10.2 Å². The molecule has 0 bridgehead atoms. The highest BCUT2D eigenvalue weighted by molar-refractivity contribution is 5.58. The van der Waals surface area contributed by atoms with E-state index < -0.39 is 23.1 Å². The lowest BCUT2D eigenvalue weighted by Gasteiger charge is -2.15. The van der Waals surface area contributed by atoms with Gasteiger partial charge < -0.3 is 0 Å². The summed E-state index contributed by atoms with van der Waals surface area (Å²) in [6.45, 7) is 0.344. The average Bonchev–Trinajstić information content (AvgIpc) is 3.14. The Labute approximate surface area is 167 Å². The Morgan fingerprint density at radius 3 is 2.80 bits per heavy atom. The van der Waals surface area contributed by atoms with E-state index in [1.807, 2.05) is 10.9 Å². The van der Waals surface area contributed by atoms with E-state index >= 15 is 8.78 Å². The summed E-state index contributed by atoms with van der Waals surface area (Å²) in [5, 5.41) is 16.9. The van der Waals surface area contributed by atoms with Crippen molar-refractivity contribution in [1.29, 1.82) is 0 Å². The first-order chi connectivity index (χ1) is 14.5. The van der Waals surface area contributed by atoms with E-state index in [0.29, 0.717) is 34.4 Å². The number of alkyl halides is 2. The maximum Gasteiger partial charge on any atom is 0.336 e. The molecule has 150 valence electrons. The zero-order chi connectivity index (χ0) is 20.5. The van der Waals surface area contributed by atoms with Crippen molar-refractivity contribution in [2.75, 3.05) is 6.54 Å². The van der Waals surface area contributed by atoms with Crippen LogP contribution in [0.5, 0.6) is 0 Å². The van der Waals surface area contributed by atoms with Gasteiger partial charge in [0, 0.05) is 17.8 Å². The molecule has 0 atom stereocenters. The van der Waals surface area contributed by atoms with E-state index in [2.05, 4.69) is 25.4 Å². The number of aromatic nitrogens is 6. The Balaban J connectivity index is 1.48. The summed E-state index contributed by atoms with van der Waals surface area (Å²) in [5.41, 5.74) is 0.517. The van der Waals surface area contributed by atoms with Gasteiger partial charge >= 0.3 is 5.92 Å². The lowest BCUT2D eigenvalue weighted by atomic mass is 10.1. The zero-order valence-electron chi connectivity index (χ0n) is 15.5. The minimum absolute atomic E-state index is 0.145. The third-order valence-corrected chi connectivity index (χ3v) is 5.39. The van der Waals surface area contributed by atoms with E-state index in [4.69, 9.17) is 0 Å². The van der Waals surface area contributed by atoms with Crippen molar-refractivity contribution in [2.45, 2.75) is 24.8 Å². The first-order valence-electron chi connectivity index (χ1n) is 9.51. The molecule has 6 rings (SSSR count). The number of hydrogen-bond acceptors (Lipinski definition) is 5. The first-order valence-corrected chi connectivity index (χ1v) is 9.51. The van der Waals surface area contributed by atoms with Crippen molar-refractivity contribution in [3.8, 4) is 11.3 Å². The fourth-order valence-corrected chi connectivity index (χ4v) is 3.63. The van der Waals surface area contributed by atoms with Crippen molar-refractivity contribution in [3.05, 3.63) is 64.4 Å². The third-order valence-electron chi connectivity index (χ3n) is 5.39. The maximum absolute atomic E-state index is 15.4. The standard InChI is InChI=1S/C20H14F3N7/c21-15-8-17-11(5-6-24-17)7-14(15)20(22,23)19-27-26-18-4-3-16(28-30(18)19)12-9-25-29(10-12)13-1-2-13/h3-5,7-10,13H,1-2,6H2. The van der Waals surface area contributed by atoms with Crippen LogP contribution in [0.1, 0.15) is 30.3 Å². The quantitative estimate of drug-likeness (QED) is 0.517. The molecule has 1 aliphatic carbocycles. The average molecular weight is 409 g/mol. The Kier molecular flexibility index (Phi) is 3.45. The minimum Gasteiger partial charge on any atom is -0.280 e.